The molecule has 0 N–H and O–H groups in total. The van der Waals surface area contributed by atoms with Crippen molar-refractivity contribution in [1.29, 1.82) is 0 Å². The van der Waals surface area contributed by atoms with Crippen LogP contribution in [0.15, 0.2) is 0 Å². The lowest BCUT2D eigenvalue weighted by Crippen LogP contribution is -2.62. The smallest absolute Gasteiger partial charge is 0.376 e. The molecular weight excluding hydrogens is 323 g/mol. The van der Waals surface area contributed by atoms with Gasteiger partial charge in [0.15, 0.2) is 0 Å². The lowest BCUT2D eigenvalue weighted by Gasteiger charge is -2.33. The molecule has 21 heavy (non-hydrogen) atoms. The Morgan fingerprint density at radius 3 is 1.90 bits per heavy atom. The van der Waals surface area contributed by atoms with Gasteiger partial charge in [-0.3, -0.25) is 0 Å². The zero-order valence-electron chi connectivity index (χ0n) is 10.3. The first kappa shape index (κ1) is 18.3. The molecule has 0 saturated carbocycles. The molecule has 1 unspecified atom stereocenters. The fourth-order valence-corrected chi connectivity index (χ4v) is 1.59. The summed E-state index contributed by atoms with van der Waals surface area (Å²) in [6.07, 6.45) is -6.51. The van der Waals surface area contributed by atoms with E-state index in [0.29, 0.717) is 19.4 Å². The predicted molar refractivity (Wildman–Crippen MR) is 50.7 cm³/mol. The average molecular weight is 334 g/mol. The van der Waals surface area contributed by atoms with E-state index in [4.69, 9.17) is 4.74 Å². The van der Waals surface area contributed by atoms with Crippen molar-refractivity contribution < 1.29 is 49.0 Å². The summed E-state index contributed by atoms with van der Waals surface area (Å²) in [6.45, 7) is -2.57. The van der Waals surface area contributed by atoms with E-state index in [9.17, 15) is 39.5 Å². The second-order valence-corrected chi connectivity index (χ2v) is 4.50. The molecule has 0 aromatic heterocycles. The van der Waals surface area contributed by atoms with Crippen LogP contribution >= 0.6 is 0 Å². The summed E-state index contributed by atoms with van der Waals surface area (Å²) in [6, 6.07) is 0. The number of alkyl halides is 9. The molecule has 1 rings (SSSR count). The zero-order chi connectivity index (χ0) is 16.5. The molecule has 0 amide bonds. The highest BCUT2D eigenvalue weighted by Crippen LogP contribution is 2.53. The molecule has 0 aromatic rings. The van der Waals surface area contributed by atoms with Crippen LogP contribution in [0, 0.1) is 0 Å². The van der Waals surface area contributed by atoms with Gasteiger partial charge >= 0.3 is 23.9 Å². The minimum absolute atomic E-state index is 0.298. The third-order valence-corrected chi connectivity index (χ3v) is 2.82. The van der Waals surface area contributed by atoms with Gasteiger partial charge in [0.1, 0.15) is 6.61 Å². The molecule has 1 atom stereocenters. The van der Waals surface area contributed by atoms with Crippen LogP contribution in [0.2, 0.25) is 0 Å². The Labute approximate surface area is 113 Å². The molecule has 0 spiro atoms. The van der Waals surface area contributed by atoms with Crippen LogP contribution in [0.5, 0.6) is 0 Å². The zero-order valence-corrected chi connectivity index (χ0v) is 10.3. The van der Waals surface area contributed by atoms with Crippen molar-refractivity contribution in [3.63, 3.8) is 0 Å². The van der Waals surface area contributed by atoms with Crippen LogP contribution in [-0.4, -0.2) is 49.9 Å². The van der Waals surface area contributed by atoms with E-state index in [1.165, 1.54) is 0 Å². The fourth-order valence-electron chi connectivity index (χ4n) is 1.59. The molecule has 1 heterocycles. The van der Waals surface area contributed by atoms with Gasteiger partial charge in [0.25, 0.3) is 0 Å². The average Bonchev–Trinajstić information content (AvgIpc) is 2.79. The van der Waals surface area contributed by atoms with Gasteiger partial charge in [0, 0.05) is 6.61 Å². The van der Waals surface area contributed by atoms with E-state index in [-0.39, 0.29) is 0 Å². The van der Waals surface area contributed by atoms with E-state index in [1.54, 1.807) is 0 Å². The lowest BCUT2D eigenvalue weighted by molar-refractivity contribution is -0.400. The van der Waals surface area contributed by atoms with E-state index < -0.39 is 43.3 Å². The molecular formula is C10H11F9O2. The first-order valence-corrected chi connectivity index (χ1v) is 5.72. The summed E-state index contributed by atoms with van der Waals surface area (Å²) in [5.74, 6) is -19.2. The van der Waals surface area contributed by atoms with Gasteiger partial charge in [-0.2, -0.15) is 39.5 Å². The van der Waals surface area contributed by atoms with Gasteiger partial charge in [-0.05, 0) is 12.8 Å². The summed E-state index contributed by atoms with van der Waals surface area (Å²) in [5, 5.41) is 0. The van der Waals surface area contributed by atoms with E-state index in [1.807, 2.05) is 0 Å². The number of hydrogen-bond acceptors (Lipinski definition) is 2. The summed E-state index contributed by atoms with van der Waals surface area (Å²) in [7, 11) is 0. The molecule has 1 fully saturated rings. The molecule has 1 aliphatic heterocycles. The van der Waals surface area contributed by atoms with Crippen LogP contribution < -0.4 is 0 Å². The molecule has 0 radical (unpaired) electrons. The lowest BCUT2D eigenvalue weighted by atomic mass is 10.0. The number of ether oxygens (including phenoxy) is 2. The number of halogens is 9. The van der Waals surface area contributed by atoms with Crippen molar-refractivity contribution in [2.75, 3.05) is 19.8 Å². The third kappa shape index (κ3) is 3.55. The van der Waals surface area contributed by atoms with Crippen LogP contribution in [-0.2, 0) is 9.47 Å². The predicted octanol–water partition coefficient (Wildman–Crippen LogP) is 3.65. The van der Waals surface area contributed by atoms with Gasteiger partial charge in [0.2, 0.25) is 0 Å². The monoisotopic (exact) mass is 334 g/mol. The van der Waals surface area contributed by atoms with Crippen molar-refractivity contribution in [3.05, 3.63) is 0 Å². The first-order chi connectivity index (χ1) is 9.33. The standard InChI is InChI=1S/C10H11F9O2/c11-7(12,5-20-4-6-2-1-3-21-6)8(13,14)9(15,16)10(17,18)19/h6H,1-5H2. The van der Waals surface area contributed by atoms with Gasteiger partial charge in [-0.25, -0.2) is 0 Å². The SMILES string of the molecule is FC(F)(F)C(F)(F)C(F)(F)C(F)(F)COCC1CCCO1. The van der Waals surface area contributed by atoms with Gasteiger partial charge in [-0.1, -0.05) is 0 Å². The van der Waals surface area contributed by atoms with Gasteiger partial charge < -0.3 is 9.47 Å². The molecule has 0 aromatic carbocycles. The minimum Gasteiger partial charge on any atom is -0.376 e. The summed E-state index contributed by atoms with van der Waals surface area (Å²) in [4.78, 5) is 0. The van der Waals surface area contributed by atoms with Crippen LogP contribution in [0.1, 0.15) is 12.8 Å². The second-order valence-electron chi connectivity index (χ2n) is 4.50. The molecule has 2 nitrogen and oxygen atoms in total. The minimum atomic E-state index is -6.88. The van der Waals surface area contributed by atoms with Crippen LogP contribution in [0.3, 0.4) is 0 Å². The highest BCUT2D eigenvalue weighted by atomic mass is 19.4. The normalized spacial score (nSPS) is 21.9. The number of hydrogen-bond donors (Lipinski definition) is 0. The summed E-state index contributed by atoms with van der Waals surface area (Å²) < 4.78 is 121. The summed E-state index contributed by atoms with van der Waals surface area (Å²) >= 11 is 0. The van der Waals surface area contributed by atoms with Crippen molar-refractivity contribution in [2.45, 2.75) is 42.9 Å². The quantitative estimate of drug-likeness (QED) is 0.691. The van der Waals surface area contributed by atoms with Crippen LogP contribution in [0.4, 0.5) is 39.5 Å². The Balaban J connectivity index is 2.69. The molecule has 1 aliphatic rings. The Bertz CT molecular complexity index is 347. The largest absolute Gasteiger partial charge is 0.460 e. The molecule has 0 aliphatic carbocycles. The number of rotatable bonds is 6. The molecule has 1 saturated heterocycles. The maximum Gasteiger partial charge on any atom is 0.460 e. The second kappa shape index (κ2) is 5.82. The van der Waals surface area contributed by atoms with Gasteiger partial charge in [-0.15, -0.1) is 0 Å². The van der Waals surface area contributed by atoms with Crippen molar-refractivity contribution in [1.82, 2.24) is 0 Å². The van der Waals surface area contributed by atoms with Gasteiger partial charge in [0.05, 0.1) is 12.7 Å². The van der Waals surface area contributed by atoms with E-state index in [0.717, 1.165) is 0 Å². The fraction of sp³-hybridized carbons (Fsp3) is 1.00. The first-order valence-electron chi connectivity index (χ1n) is 5.72. The maximum absolute atomic E-state index is 13.0. The van der Waals surface area contributed by atoms with Crippen molar-refractivity contribution >= 4 is 0 Å². The highest BCUT2D eigenvalue weighted by molar-refractivity contribution is 5.00. The maximum atomic E-state index is 13.0. The van der Waals surface area contributed by atoms with Crippen molar-refractivity contribution in [2.24, 2.45) is 0 Å². The van der Waals surface area contributed by atoms with Crippen molar-refractivity contribution in [3.8, 4) is 0 Å². The Kier molecular flexibility index (Phi) is 5.09. The highest BCUT2D eigenvalue weighted by Gasteiger charge is 2.81. The Morgan fingerprint density at radius 1 is 0.905 bits per heavy atom. The summed E-state index contributed by atoms with van der Waals surface area (Å²) in [5.41, 5.74) is 0. The van der Waals surface area contributed by atoms with Crippen LogP contribution in [0.25, 0.3) is 0 Å². The Hall–Kier alpha value is -0.710. The Morgan fingerprint density at radius 2 is 1.48 bits per heavy atom. The topological polar surface area (TPSA) is 18.5 Å². The molecule has 11 heteroatoms. The third-order valence-electron chi connectivity index (χ3n) is 2.82. The molecule has 0 bridgehead atoms. The van der Waals surface area contributed by atoms with E-state index in [2.05, 4.69) is 4.74 Å². The molecule has 126 valence electrons. The van der Waals surface area contributed by atoms with E-state index >= 15 is 0 Å².